The molecule has 0 fully saturated rings. The summed E-state index contributed by atoms with van der Waals surface area (Å²) in [5.74, 6) is -0.315. The summed E-state index contributed by atoms with van der Waals surface area (Å²) in [5.41, 5.74) is 10.8. The normalized spacial score (nSPS) is 18.4. The number of nitrogens with one attached hydrogen (secondary N) is 1. The number of aromatic nitrogens is 2. The first-order valence-corrected chi connectivity index (χ1v) is 15.0. The predicted octanol–water partition coefficient (Wildman–Crippen LogP) is 6.06. The standard InChI is InChI=1S/C31H30N6O2S2/c1-19-8-7-11-21(14-19)34-26(39)18-40-30-36-35-29(41-30)37-24-15-31(2,3)16-25(38)27(24)22(23(17-32)28(37)33)13-12-20-9-5-4-6-10-20/h4-14,22H,15-16,18,33H2,1-3H3,(H,34,39)/b13-12+. The Morgan fingerprint density at radius 1 is 1.22 bits per heavy atom. The number of nitrogens with two attached hydrogens (primary N) is 1. The quantitative estimate of drug-likeness (QED) is 0.322. The number of benzene rings is 2. The second kappa shape index (κ2) is 11.7. The highest BCUT2D eigenvalue weighted by atomic mass is 32.2. The molecule has 0 saturated carbocycles. The number of carbonyl (C=O) groups excluding carboxylic acids is 2. The van der Waals surface area contributed by atoms with Crippen molar-refractivity contribution in [1.82, 2.24) is 10.2 Å². The largest absolute Gasteiger partial charge is 0.384 e. The molecule has 1 amide bonds. The first-order chi connectivity index (χ1) is 19.6. The van der Waals surface area contributed by atoms with Crippen LogP contribution in [0.25, 0.3) is 6.08 Å². The maximum absolute atomic E-state index is 13.6. The Bertz CT molecular complexity index is 1630. The molecule has 2 aliphatic rings. The number of hydrogen-bond acceptors (Lipinski definition) is 9. The van der Waals surface area contributed by atoms with Crippen LogP contribution in [0.5, 0.6) is 0 Å². The zero-order valence-electron chi connectivity index (χ0n) is 23.0. The van der Waals surface area contributed by atoms with Gasteiger partial charge in [-0.05, 0) is 42.0 Å². The van der Waals surface area contributed by atoms with Gasteiger partial charge in [-0.15, -0.1) is 10.2 Å². The molecule has 2 heterocycles. The van der Waals surface area contributed by atoms with Crippen molar-refractivity contribution < 1.29 is 9.59 Å². The van der Waals surface area contributed by atoms with E-state index in [1.807, 2.05) is 73.7 Å². The van der Waals surface area contributed by atoms with Crippen molar-refractivity contribution in [2.45, 2.75) is 38.0 Å². The maximum atomic E-state index is 13.6. The van der Waals surface area contributed by atoms with Crippen LogP contribution in [-0.4, -0.2) is 27.6 Å². The first kappa shape index (κ1) is 28.3. The zero-order chi connectivity index (χ0) is 29.1. The average molecular weight is 583 g/mol. The van der Waals surface area contributed by atoms with Gasteiger partial charge < -0.3 is 11.1 Å². The van der Waals surface area contributed by atoms with Gasteiger partial charge in [0.2, 0.25) is 11.0 Å². The molecule has 1 atom stereocenters. The van der Waals surface area contributed by atoms with E-state index in [-0.39, 0.29) is 28.7 Å². The molecule has 2 aromatic carbocycles. The Kier molecular flexibility index (Phi) is 8.10. The molecule has 0 radical (unpaired) electrons. The fraction of sp³-hybridized carbons (Fsp3) is 0.258. The lowest BCUT2D eigenvalue weighted by Gasteiger charge is -2.41. The first-order valence-electron chi connectivity index (χ1n) is 13.2. The van der Waals surface area contributed by atoms with Gasteiger partial charge in [0, 0.05) is 29.3 Å². The van der Waals surface area contributed by atoms with E-state index in [9.17, 15) is 14.9 Å². The van der Waals surface area contributed by atoms with E-state index in [2.05, 4.69) is 35.4 Å². The molecule has 1 aliphatic heterocycles. The van der Waals surface area contributed by atoms with E-state index in [1.165, 1.54) is 23.1 Å². The third kappa shape index (κ3) is 6.26. The molecule has 0 saturated heterocycles. The number of carbonyl (C=O) groups is 2. The monoisotopic (exact) mass is 582 g/mol. The molecule has 0 bridgehead atoms. The van der Waals surface area contributed by atoms with Gasteiger partial charge in [0.25, 0.3) is 0 Å². The Labute approximate surface area is 247 Å². The van der Waals surface area contributed by atoms with E-state index < -0.39 is 5.92 Å². The minimum atomic E-state index is -0.554. The summed E-state index contributed by atoms with van der Waals surface area (Å²) in [4.78, 5) is 27.8. The van der Waals surface area contributed by atoms with Gasteiger partial charge in [0.1, 0.15) is 5.82 Å². The van der Waals surface area contributed by atoms with Gasteiger partial charge in [0.15, 0.2) is 10.1 Å². The van der Waals surface area contributed by atoms with Gasteiger partial charge >= 0.3 is 0 Å². The van der Waals surface area contributed by atoms with Crippen LogP contribution in [0, 0.1) is 29.6 Å². The Morgan fingerprint density at radius 3 is 2.73 bits per heavy atom. The van der Waals surface area contributed by atoms with E-state index in [1.54, 1.807) is 4.90 Å². The topological polar surface area (TPSA) is 125 Å². The summed E-state index contributed by atoms with van der Waals surface area (Å²) in [7, 11) is 0. The Balaban J connectivity index is 1.43. The van der Waals surface area contributed by atoms with Gasteiger partial charge in [0.05, 0.1) is 17.4 Å². The highest BCUT2D eigenvalue weighted by Gasteiger charge is 2.44. The molecule has 1 aliphatic carbocycles. The molecule has 1 aromatic heterocycles. The van der Waals surface area contributed by atoms with Crippen LogP contribution in [0.3, 0.4) is 0 Å². The minimum absolute atomic E-state index is 0.00357. The lowest BCUT2D eigenvalue weighted by atomic mass is 9.70. The number of aryl methyl sites for hydroxylation is 1. The fourth-order valence-electron chi connectivity index (χ4n) is 5.13. The molecule has 3 aromatic rings. The number of ketones is 1. The molecule has 10 heteroatoms. The van der Waals surface area contributed by atoms with Crippen molar-refractivity contribution in [3.63, 3.8) is 0 Å². The van der Waals surface area contributed by atoms with Crippen molar-refractivity contribution in [3.8, 4) is 6.07 Å². The molecular weight excluding hydrogens is 553 g/mol. The lowest BCUT2D eigenvalue weighted by Crippen LogP contribution is -2.42. The van der Waals surface area contributed by atoms with Crippen LogP contribution in [0.1, 0.15) is 37.8 Å². The molecule has 1 unspecified atom stereocenters. The van der Waals surface area contributed by atoms with Crippen molar-refractivity contribution in [1.29, 1.82) is 5.26 Å². The van der Waals surface area contributed by atoms with Gasteiger partial charge in [-0.1, -0.05) is 91.6 Å². The van der Waals surface area contributed by atoms with Crippen LogP contribution >= 0.6 is 23.1 Å². The van der Waals surface area contributed by atoms with E-state index in [0.29, 0.717) is 33.5 Å². The number of thioether (sulfide) groups is 1. The SMILES string of the molecule is Cc1cccc(NC(=O)CSc2nnc(N3C(N)=C(C#N)C(/C=C/c4ccccc4)C4=C3CC(C)(C)CC4=O)s2)c1. The lowest BCUT2D eigenvalue weighted by molar-refractivity contribution is -0.118. The van der Waals surface area contributed by atoms with Gasteiger partial charge in [-0.25, -0.2) is 0 Å². The molecular formula is C31H30N6O2S2. The van der Waals surface area contributed by atoms with Crippen LogP contribution in [0.4, 0.5) is 10.8 Å². The van der Waals surface area contributed by atoms with E-state index >= 15 is 0 Å². The number of amides is 1. The number of rotatable bonds is 7. The highest BCUT2D eigenvalue weighted by Crippen LogP contribution is 2.48. The van der Waals surface area contributed by atoms with Crippen molar-refractivity contribution in [2.24, 2.45) is 17.1 Å². The second-order valence-electron chi connectivity index (χ2n) is 10.9. The molecule has 8 nitrogen and oxygen atoms in total. The smallest absolute Gasteiger partial charge is 0.234 e. The zero-order valence-corrected chi connectivity index (χ0v) is 24.7. The van der Waals surface area contributed by atoms with Crippen molar-refractivity contribution >= 4 is 51.7 Å². The summed E-state index contributed by atoms with van der Waals surface area (Å²) in [6.07, 6.45) is 4.77. The summed E-state index contributed by atoms with van der Waals surface area (Å²) < 4.78 is 0.584. The van der Waals surface area contributed by atoms with Crippen LogP contribution in [-0.2, 0) is 9.59 Å². The number of allylic oxidation sites excluding steroid dienone is 4. The van der Waals surface area contributed by atoms with E-state index in [0.717, 1.165) is 22.5 Å². The number of nitriles is 1. The maximum Gasteiger partial charge on any atom is 0.234 e. The van der Waals surface area contributed by atoms with Gasteiger partial charge in [-0.2, -0.15) is 5.26 Å². The predicted molar refractivity (Wildman–Crippen MR) is 164 cm³/mol. The third-order valence-electron chi connectivity index (χ3n) is 6.92. The summed E-state index contributed by atoms with van der Waals surface area (Å²) >= 11 is 2.55. The third-order valence-corrected chi connectivity index (χ3v) is 8.96. The number of nitrogens with zero attached hydrogens (tertiary/aromatic N) is 4. The fourth-order valence-corrected chi connectivity index (χ4v) is 6.81. The Morgan fingerprint density at radius 2 is 2.00 bits per heavy atom. The van der Waals surface area contributed by atoms with E-state index in [4.69, 9.17) is 5.73 Å². The van der Waals surface area contributed by atoms with Crippen LogP contribution < -0.4 is 16.0 Å². The van der Waals surface area contributed by atoms with Crippen LogP contribution in [0.15, 0.2) is 87.7 Å². The van der Waals surface area contributed by atoms with Gasteiger partial charge in [-0.3, -0.25) is 14.5 Å². The molecule has 0 spiro atoms. The molecule has 5 rings (SSSR count). The number of Topliss-reactive ketones (excluding diaryl/α,β-unsaturated/α-hetero) is 1. The summed E-state index contributed by atoms with van der Waals surface area (Å²) in [6, 6.07) is 19.6. The Hall–Kier alpha value is -4.20. The van der Waals surface area contributed by atoms with Crippen molar-refractivity contribution in [3.05, 3.63) is 94.5 Å². The highest BCUT2D eigenvalue weighted by molar-refractivity contribution is 8.01. The second-order valence-corrected chi connectivity index (χ2v) is 13.0. The number of anilines is 2. The summed E-state index contributed by atoms with van der Waals surface area (Å²) in [6.45, 7) is 6.07. The van der Waals surface area contributed by atoms with Crippen molar-refractivity contribution in [2.75, 3.05) is 16.0 Å². The number of hydrogen-bond donors (Lipinski definition) is 2. The molecule has 41 heavy (non-hydrogen) atoms. The minimum Gasteiger partial charge on any atom is -0.384 e. The van der Waals surface area contributed by atoms with Crippen LogP contribution in [0.2, 0.25) is 0 Å². The molecule has 3 N–H and O–H groups in total. The average Bonchev–Trinajstić information content (AvgIpc) is 3.39. The summed E-state index contributed by atoms with van der Waals surface area (Å²) in [5, 5.41) is 22.2. The molecule has 208 valence electrons.